The number of hydrogen-bond donors (Lipinski definition) is 1. The number of nitrogens with zero attached hydrogens (tertiary/aromatic N) is 2. The maximum atomic E-state index is 12.8. The highest BCUT2D eigenvalue weighted by Gasteiger charge is 2.24. The molecule has 1 N–H and O–H groups in total. The molecule has 0 aliphatic heterocycles. The molecule has 34 heavy (non-hydrogen) atoms. The molecule has 0 unspecified atom stereocenters. The first-order valence-corrected chi connectivity index (χ1v) is 11.7. The fraction of sp³-hybridized carbons (Fsp3) is 0.318. The molecule has 0 fully saturated rings. The Morgan fingerprint density at radius 3 is 1.97 bits per heavy atom. The van der Waals surface area contributed by atoms with E-state index in [0.717, 1.165) is 10.6 Å². The average Bonchev–Trinajstić information content (AvgIpc) is 2.80. The summed E-state index contributed by atoms with van der Waals surface area (Å²) in [5, 5.41) is 2.53. The molecule has 0 heterocycles. The van der Waals surface area contributed by atoms with E-state index in [0.29, 0.717) is 5.56 Å². The van der Waals surface area contributed by atoms with Crippen molar-refractivity contribution in [1.82, 2.24) is 4.90 Å². The number of methoxy groups -OCH3 is 3. The van der Waals surface area contributed by atoms with Crippen molar-refractivity contribution >= 4 is 39.2 Å². The number of rotatable bonds is 9. The van der Waals surface area contributed by atoms with E-state index in [9.17, 15) is 22.8 Å². The zero-order chi connectivity index (χ0) is 25.6. The second-order valence-corrected chi connectivity index (χ2v) is 9.22. The van der Waals surface area contributed by atoms with Gasteiger partial charge in [0.15, 0.2) is 11.5 Å². The van der Waals surface area contributed by atoms with Gasteiger partial charge in [0.2, 0.25) is 15.9 Å². The number of carbonyl (C=O) groups is 3. The summed E-state index contributed by atoms with van der Waals surface area (Å²) >= 11 is 0. The van der Waals surface area contributed by atoms with Gasteiger partial charge >= 0.3 is 5.97 Å². The number of nitrogens with one attached hydrogen (secondary N) is 1. The Labute approximate surface area is 198 Å². The van der Waals surface area contributed by atoms with E-state index < -0.39 is 28.4 Å². The molecule has 2 amide bonds. The van der Waals surface area contributed by atoms with Crippen molar-refractivity contribution in [3.05, 3.63) is 47.5 Å². The third-order valence-corrected chi connectivity index (χ3v) is 5.84. The van der Waals surface area contributed by atoms with Crippen LogP contribution in [0.3, 0.4) is 0 Å². The zero-order valence-electron chi connectivity index (χ0n) is 19.7. The van der Waals surface area contributed by atoms with Gasteiger partial charge in [0.1, 0.15) is 6.54 Å². The summed E-state index contributed by atoms with van der Waals surface area (Å²) in [6, 6.07) is 8.52. The number of carbonyl (C=O) groups excluding carboxylic acids is 3. The minimum absolute atomic E-state index is 0.00837. The molecule has 2 aromatic rings. The highest BCUT2D eigenvalue weighted by Crippen LogP contribution is 2.34. The quantitative estimate of drug-likeness (QED) is 0.521. The van der Waals surface area contributed by atoms with Crippen molar-refractivity contribution in [2.24, 2.45) is 0 Å². The summed E-state index contributed by atoms with van der Waals surface area (Å²) in [5.74, 6) is -1.23. The average molecular weight is 494 g/mol. The van der Waals surface area contributed by atoms with Gasteiger partial charge in [0, 0.05) is 31.8 Å². The van der Waals surface area contributed by atoms with Gasteiger partial charge < -0.3 is 24.4 Å². The molecule has 2 rings (SSSR count). The van der Waals surface area contributed by atoms with Crippen LogP contribution in [0.1, 0.15) is 20.7 Å². The van der Waals surface area contributed by atoms with Gasteiger partial charge in [-0.15, -0.1) is 0 Å². The lowest BCUT2D eigenvalue weighted by Crippen LogP contribution is -2.37. The van der Waals surface area contributed by atoms with Crippen LogP contribution < -0.4 is 19.1 Å². The fourth-order valence-electron chi connectivity index (χ4n) is 3.01. The molecule has 0 spiro atoms. The van der Waals surface area contributed by atoms with E-state index in [1.54, 1.807) is 14.1 Å². The number of benzene rings is 2. The van der Waals surface area contributed by atoms with E-state index >= 15 is 0 Å². The summed E-state index contributed by atoms with van der Waals surface area (Å²) in [6.07, 6.45) is 0.954. The van der Waals surface area contributed by atoms with E-state index in [4.69, 9.17) is 14.2 Å². The molecule has 0 aliphatic carbocycles. The summed E-state index contributed by atoms with van der Waals surface area (Å²) < 4.78 is 40.9. The van der Waals surface area contributed by atoms with Crippen LogP contribution in [0.25, 0.3) is 0 Å². The summed E-state index contributed by atoms with van der Waals surface area (Å²) in [7, 11) is 3.28. The van der Waals surface area contributed by atoms with Crippen LogP contribution in [0.5, 0.6) is 11.5 Å². The van der Waals surface area contributed by atoms with Crippen LogP contribution in [0, 0.1) is 0 Å². The Hall–Kier alpha value is -3.80. The SMILES string of the molecule is COC(=O)c1cc(OC)c(OC)cc1NC(=O)CN(c1ccc(C(=O)N(C)C)cc1)S(C)(=O)=O. The van der Waals surface area contributed by atoms with Crippen LogP contribution in [0.4, 0.5) is 11.4 Å². The first-order valence-electron chi connectivity index (χ1n) is 9.86. The van der Waals surface area contributed by atoms with E-state index in [1.165, 1.54) is 62.6 Å². The van der Waals surface area contributed by atoms with E-state index in [-0.39, 0.29) is 34.3 Å². The van der Waals surface area contributed by atoms with E-state index in [2.05, 4.69) is 5.32 Å². The van der Waals surface area contributed by atoms with Gasteiger partial charge in [-0.05, 0) is 24.3 Å². The molecule has 0 aliphatic rings. The van der Waals surface area contributed by atoms with Gasteiger partial charge in [0.25, 0.3) is 5.91 Å². The number of ether oxygens (including phenoxy) is 3. The van der Waals surface area contributed by atoms with Crippen LogP contribution in [-0.2, 0) is 19.6 Å². The summed E-state index contributed by atoms with van der Waals surface area (Å²) in [5.41, 5.74) is 0.592. The largest absolute Gasteiger partial charge is 0.493 e. The highest BCUT2D eigenvalue weighted by molar-refractivity contribution is 7.92. The molecule has 0 radical (unpaired) electrons. The molecular weight excluding hydrogens is 466 g/mol. The first-order chi connectivity index (χ1) is 15.9. The van der Waals surface area contributed by atoms with Crippen LogP contribution in [0.2, 0.25) is 0 Å². The Bertz CT molecular complexity index is 1180. The third-order valence-electron chi connectivity index (χ3n) is 4.70. The second-order valence-electron chi connectivity index (χ2n) is 7.31. The predicted molar refractivity (Wildman–Crippen MR) is 126 cm³/mol. The Morgan fingerprint density at radius 1 is 0.941 bits per heavy atom. The third kappa shape index (κ3) is 6.16. The van der Waals surface area contributed by atoms with Gasteiger partial charge in [-0.1, -0.05) is 0 Å². The second kappa shape index (κ2) is 10.9. The Balaban J connectivity index is 2.36. The molecule has 0 aromatic heterocycles. The van der Waals surface area contributed by atoms with Crippen molar-refractivity contribution in [3.63, 3.8) is 0 Å². The summed E-state index contributed by atoms with van der Waals surface area (Å²) in [4.78, 5) is 38.5. The molecule has 0 saturated carbocycles. The molecule has 184 valence electrons. The van der Waals surface area contributed by atoms with Crippen LogP contribution in [0.15, 0.2) is 36.4 Å². The van der Waals surface area contributed by atoms with E-state index in [1.807, 2.05) is 0 Å². The van der Waals surface area contributed by atoms with Crippen molar-refractivity contribution in [2.75, 3.05) is 57.8 Å². The molecule has 12 heteroatoms. The lowest BCUT2D eigenvalue weighted by molar-refractivity contribution is -0.114. The van der Waals surface area contributed by atoms with Gasteiger partial charge in [-0.25, -0.2) is 13.2 Å². The molecule has 0 saturated heterocycles. The maximum absolute atomic E-state index is 12.8. The summed E-state index contributed by atoms with van der Waals surface area (Å²) in [6.45, 7) is -0.589. The van der Waals surface area contributed by atoms with Crippen molar-refractivity contribution in [3.8, 4) is 11.5 Å². The van der Waals surface area contributed by atoms with Crippen molar-refractivity contribution in [2.45, 2.75) is 0 Å². The number of amides is 2. The number of hydrogen-bond acceptors (Lipinski definition) is 8. The Kier molecular flexibility index (Phi) is 8.46. The van der Waals surface area contributed by atoms with Crippen molar-refractivity contribution in [1.29, 1.82) is 0 Å². The monoisotopic (exact) mass is 493 g/mol. The lowest BCUT2D eigenvalue weighted by atomic mass is 10.1. The zero-order valence-corrected chi connectivity index (χ0v) is 20.6. The molecule has 0 bridgehead atoms. The normalized spacial score (nSPS) is 10.8. The number of sulfonamides is 1. The van der Waals surface area contributed by atoms with Gasteiger partial charge in [-0.3, -0.25) is 13.9 Å². The van der Waals surface area contributed by atoms with Crippen molar-refractivity contribution < 1.29 is 37.0 Å². The smallest absolute Gasteiger partial charge is 0.340 e. The highest BCUT2D eigenvalue weighted by atomic mass is 32.2. The molecule has 2 aromatic carbocycles. The number of esters is 1. The minimum Gasteiger partial charge on any atom is -0.493 e. The first kappa shape index (κ1) is 26.5. The topological polar surface area (TPSA) is 132 Å². The molecule has 11 nitrogen and oxygen atoms in total. The maximum Gasteiger partial charge on any atom is 0.340 e. The van der Waals surface area contributed by atoms with Crippen LogP contribution >= 0.6 is 0 Å². The van der Waals surface area contributed by atoms with Crippen LogP contribution in [-0.4, -0.2) is 79.3 Å². The Morgan fingerprint density at radius 2 is 1.50 bits per heavy atom. The lowest BCUT2D eigenvalue weighted by Gasteiger charge is -2.23. The molecular formula is C22H27N3O8S. The van der Waals surface area contributed by atoms with Gasteiger partial charge in [-0.2, -0.15) is 0 Å². The van der Waals surface area contributed by atoms with Gasteiger partial charge in [0.05, 0.1) is 44.5 Å². The minimum atomic E-state index is -3.87. The number of anilines is 2. The predicted octanol–water partition coefficient (Wildman–Crippen LogP) is 1.60. The molecule has 0 atom stereocenters. The fourth-order valence-corrected chi connectivity index (χ4v) is 3.87. The standard InChI is InChI=1S/C22H27N3O8S/c1-24(2)21(27)14-7-9-15(10-8-14)25(34(6,29)30)13-20(26)23-17-12-19(32-4)18(31-3)11-16(17)22(28)33-5/h7-12H,13H2,1-6H3,(H,23,26).